The Morgan fingerprint density at radius 1 is 1.15 bits per heavy atom. The van der Waals surface area contributed by atoms with Crippen LogP contribution in [-0.4, -0.2) is 18.2 Å². The highest BCUT2D eigenvalue weighted by molar-refractivity contribution is 5.34. The predicted octanol–water partition coefficient (Wildman–Crippen LogP) is 0.974. The van der Waals surface area contributed by atoms with E-state index in [1.54, 1.807) is 6.07 Å². The normalized spacial score (nSPS) is 18.8. The third-order valence-corrected chi connectivity index (χ3v) is 2.30. The SMILES string of the molecule is Oc1ccccc1C1NCCCN1. The number of phenols is 1. The Kier molecular flexibility index (Phi) is 2.47. The first-order valence-corrected chi connectivity index (χ1v) is 4.62. The van der Waals surface area contributed by atoms with E-state index in [0.717, 1.165) is 25.1 Å². The number of hydrogen-bond donors (Lipinski definition) is 3. The fourth-order valence-corrected chi connectivity index (χ4v) is 1.60. The van der Waals surface area contributed by atoms with Crippen LogP contribution in [0.5, 0.6) is 5.75 Å². The van der Waals surface area contributed by atoms with Gasteiger partial charge in [-0.3, -0.25) is 10.6 Å². The first-order valence-electron chi connectivity index (χ1n) is 4.62. The highest BCUT2D eigenvalue weighted by atomic mass is 16.3. The van der Waals surface area contributed by atoms with E-state index < -0.39 is 0 Å². The largest absolute Gasteiger partial charge is 0.508 e. The molecule has 2 rings (SSSR count). The van der Waals surface area contributed by atoms with E-state index in [2.05, 4.69) is 10.6 Å². The summed E-state index contributed by atoms with van der Waals surface area (Å²) in [6.45, 7) is 2.01. The van der Waals surface area contributed by atoms with Gasteiger partial charge in [0.25, 0.3) is 0 Å². The van der Waals surface area contributed by atoms with Crippen LogP contribution in [0, 0.1) is 0 Å². The Hall–Kier alpha value is -1.06. The molecule has 0 radical (unpaired) electrons. The molecule has 1 fully saturated rings. The Morgan fingerprint density at radius 2 is 1.85 bits per heavy atom. The zero-order valence-corrected chi connectivity index (χ0v) is 7.46. The van der Waals surface area contributed by atoms with Crippen LogP contribution in [0.4, 0.5) is 0 Å². The fraction of sp³-hybridized carbons (Fsp3) is 0.400. The molecule has 3 nitrogen and oxygen atoms in total. The molecule has 3 heteroatoms. The third-order valence-electron chi connectivity index (χ3n) is 2.30. The minimum absolute atomic E-state index is 0.106. The Balaban J connectivity index is 2.18. The lowest BCUT2D eigenvalue weighted by molar-refractivity contribution is 0.364. The van der Waals surface area contributed by atoms with E-state index in [9.17, 15) is 5.11 Å². The van der Waals surface area contributed by atoms with Crippen molar-refractivity contribution in [3.8, 4) is 5.75 Å². The molecule has 0 aromatic heterocycles. The van der Waals surface area contributed by atoms with Crippen LogP contribution in [0.25, 0.3) is 0 Å². The van der Waals surface area contributed by atoms with Gasteiger partial charge in [0.15, 0.2) is 0 Å². The monoisotopic (exact) mass is 178 g/mol. The molecule has 70 valence electrons. The van der Waals surface area contributed by atoms with Crippen molar-refractivity contribution in [1.82, 2.24) is 10.6 Å². The molecule has 1 saturated heterocycles. The highest BCUT2D eigenvalue weighted by Gasteiger charge is 2.15. The summed E-state index contributed by atoms with van der Waals surface area (Å²) >= 11 is 0. The van der Waals surface area contributed by atoms with Crippen LogP contribution in [0.3, 0.4) is 0 Å². The minimum Gasteiger partial charge on any atom is -0.508 e. The number of benzene rings is 1. The van der Waals surface area contributed by atoms with Crippen molar-refractivity contribution in [3.63, 3.8) is 0 Å². The van der Waals surface area contributed by atoms with Gasteiger partial charge < -0.3 is 5.11 Å². The number of phenolic OH excluding ortho intramolecular Hbond substituents is 1. The van der Waals surface area contributed by atoms with Gasteiger partial charge in [-0.2, -0.15) is 0 Å². The molecule has 1 aliphatic rings. The van der Waals surface area contributed by atoms with Gasteiger partial charge in [0.1, 0.15) is 5.75 Å². The van der Waals surface area contributed by atoms with Gasteiger partial charge in [-0.1, -0.05) is 18.2 Å². The van der Waals surface area contributed by atoms with Gasteiger partial charge in [-0.05, 0) is 25.6 Å². The molecule has 1 aromatic rings. The zero-order chi connectivity index (χ0) is 9.10. The smallest absolute Gasteiger partial charge is 0.121 e. The molecular weight excluding hydrogens is 164 g/mol. The maximum atomic E-state index is 9.58. The molecule has 0 amide bonds. The van der Waals surface area contributed by atoms with E-state index >= 15 is 0 Å². The summed E-state index contributed by atoms with van der Waals surface area (Å²) in [5.41, 5.74) is 0.933. The molecule has 0 spiro atoms. The number of rotatable bonds is 1. The number of para-hydroxylation sites is 1. The second-order valence-electron chi connectivity index (χ2n) is 3.25. The molecule has 3 N–H and O–H groups in total. The lowest BCUT2D eigenvalue weighted by Gasteiger charge is -2.25. The van der Waals surface area contributed by atoms with Gasteiger partial charge in [-0.15, -0.1) is 0 Å². The maximum absolute atomic E-state index is 9.58. The highest BCUT2D eigenvalue weighted by Crippen LogP contribution is 2.22. The standard InChI is InChI=1S/C10H14N2O/c13-9-5-2-1-4-8(9)10-11-6-3-7-12-10/h1-2,4-5,10-13H,3,6-7H2. The van der Waals surface area contributed by atoms with Crippen molar-refractivity contribution in [2.24, 2.45) is 0 Å². The molecular formula is C10H14N2O. The Labute approximate surface area is 77.8 Å². The number of nitrogens with one attached hydrogen (secondary N) is 2. The van der Waals surface area contributed by atoms with Gasteiger partial charge >= 0.3 is 0 Å². The predicted molar refractivity (Wildman–Crippen MR) is 51.5 cm³/mol. The van der Waals surface area contributed by atoms with Gasteiger partial charge in [0, 0.05) is 5.56 Å². The Morgan fingerprint density at radius 3 is 2.54 bits per heavy atom. The first-order chi connectivity index (χ1) is 6.38. The fourth-order valence-electron chi connectivity index (χ4n) is 1.60. The van der Waals surface area contributed by atoms with Crippen molar-refractivity contribution < 1.29 is 5.11 Å². The van der Waals surface area contributed by atoms with Crippen LogP contribution < -0.4 is 10.6 Å². The summed E-state index contributed by atoms with van der Waals surface area (Å²) in [5, 5.41) is 16.2. The van der Waals surface area contributed by atoms with Crippen molar-refractivity contribution in [3.05, 3.63) is 29.8 Å². The number of aromatic hydroxyl groups is 1. The van der Waals surface area contributed by atoms with Crippen molar-refractivity contribution >= 4 is 0 Å². The second kappa shape index (κ2) is 3.77. The summed E-state index contributed by atoms with van der Waals surface area (Å²) in [5.74, 6) is 0.356. The lowest BCUT2D eigenvalue weighted by atomic mass is 10.1. The summed E-state index contributed by atoms with van der Waals surface area (Å²) < 4.78 is 0. The zero-order valence-electron chi connectivity index (χ0n) is 7.46. The summed E-state index contributed by atoms with van der Waals surface area (Å²) in [6, 6.07) is 7.42. The van der Waals surface area contributed by atoms with Crippen LogP contribution in [-0.2, 0) is 0 Å². The third kappa shape index (κ3) is 1.82. The maximum Gasteiger partial charge on any atom is 0.121 e. The molecule has 0 saturated carbocycles. The lowest BCUT2D eigenvalue weighted by Crippen LogP contribution is -2.41. The van der Waals surface area contributed by atoms with Crippen molar-refractivity contribution in [1.29, 1.82) is 0 Å². The van der Waals surface area contributed by atoms with E-state index in [-0.39, 0.29) is 6.17 Å². The molecule has 0 bridgehead atoms. The molecule has 1 heterocycles. The molecule has 0 unspecified atom stereocenters. The summed E-state index contributed by atoms with van der Waals surface area (Å²) in [7, 11) is 0. The van der Waals surface area contributed by atoms with E-state index in [4.69, 9.17) is 0 Å². The average molecular weight is 178 g/mol. The van der Waals surface area contributed by atoms with Gasteiger partial charge in [-0.25, -0.2) is 0 Å². The Bertz CT molecular complexity index is 282. The first kappa shape index (κ1) is 8.53. The van der Waals surface area contributed by atoms with Crippen LogP contribution in [0.1, 0.15) is 18.2 Å². The summed E-state index contributed by atoms with van der Waals surface area (Å²) in [4.78, 5) is 0. The molecule has 0 aliphatic carbocycles. The van der Waals surface area contributed by atoms with Crippen molar-refractivity contribution in [2.45, 2.75) is 12.6 Å². The topological polar surface area (TPSA) is 44.3 Å². The summed E-state index contributed by atoms with van der Waals surface area (Å²) in [6.07, 6.45) is 1.25. The van der Waals surface area contributed by atoms with E-state index in [1.807, 2.05) is 18.2 Å². The molecule has 13 heavy (non-hydrogen) atoms. The van der Waals surface area contributed by atoms with Crippen LogP contribution in [0.15, 0.2) is 24.3 Å². The van der Waals surface area contributed by atoms with Crippen molar-refractivity contribution in [2.75, 3.05) is 13.1 Å². The van der Waals surface area contributed by atoms with Crippen LogP contribution >= 0.6 is 0 Å². The van der Waals surface area contributed by atoms with E-state index in [1.165, 1.54) is 0 Å². The number of hydrogen-bond acceptors (Lipinski definition) is 3. The second-order valence-corrected chi connectivity index (χ2v) is 3.25. The molecule has 1 aliphatic heterocycles. The quantitative estimate of drug-likeness (QED) is 0.600. The van der Waals surface area contributed by atoms with Crippen LogP contribution in [0.2, 0.25) is 0 Å². The van der Waals surface area contributed by atoms with Gasteiger partial charge in [0.2, 0.25) is 0 Å². The van der Waals surface area contributed by atoms with E-state index in [0.29, 0.717) is 5.75 Å². The molecule has 1 aromatic carbocycles. The van der Waals surface area contributed by atoms with Gasteiger partial charge in [0.05, 0.1) is 6.17 Å². The average Bonchev–Trinajstić information content (AvgIpc) is 2.20. The minimum atomic E-state index is 0.106. The molecule has 0 atom stereocenters.